The van der Waals surface area contributed by atoms with Gasteiger partial charge in [-0.1, -0.05) is 44.2 Å². The van der Waals surface area contributed by atoms with Gasteiger partial charge in [-0.25, -0.2) is 4.68 Å². The van der Waals surface area contributed by atoms with E-state index >= 15 is 0 Å². The molecule has 3 rings (SSSR count). The Hall–Kier alpha value is -3.08. The number of anilines is 1. The molecular weight excluding hydrogens is 492 g/mol. The Morgan fingerprint density at radius 3 is 2.32 bits per heavy atom. The van der Waals surface area contributed by atoms with Gasteiger partial charge in [-0.15, -0.1) is 0 Å². The van der Waals surface area contributed by atoms with Crippen LogP contribution in [0.3, 0.4) is 0 Å². The van der Waals surface area contributed by atoms with Crippen LogP contribution in [0, 0.1) is 12.8 Å². The lowest BCUT2D eigenvalue weighted by Gasteiger charge is -2.35. The van der Waals surface area contributed by atoms with E-state index in [1.165, 1.54) is 9.58 Å². The van der Waals surface area contributed by atoms with E-state index in [1.54, 1.807) is 50.0 Å². The predicted octanol–water partition coefficient (Wildman–Crippen LogP) is 3.08. The van der Waals surface area contributed by atoms with Crippen LogP contribution in [-0.2, 0) is 22.8 Å². The fourth-order valence-corrected chi connectivity index (χ4v) is 5.87. The van der Waals surface area contributed by atoms with Gasteiger partial charge in [0.2, 0.25) is 0 Å². The topological polar surface area (TPSA) is 97.0 Å². The molecule has 0 aliphatic heterocycles. The van der Waals surface area contributed by atoms with Crippen LogP contribution in [0.15, 0.2) is 59.4 Å². The van der Waals surface area contributed by atoms with Crippen molar-refractivity contribution in [3.8, 4) is 11.4 Å². The van der Waals surface area contributed by atoms with Gasteiger partial charge in [-0.2, -0.15) is 8.42 Å². The standard InChI is InChI=1S/C27H38N4O5S/c1-8-27(33,20(2)18-28(4)5)22-13-12-16-24(17-22)36-37(34,35)19-29(6)25-21(3)30(7)31(26(25)32)23-14-10-9-11-15-23/h9-17,20,33H,8,18-19H2,1-7H3/t20-,27-/m1/s1. The predicted molar refractivity (Wildman–Crippen MR) is 147 cm³/mol. The lowest BCUT2D eigenvalue weighted by Crippen LogP contribution is -2.38. The third-order valence-corrected chi connectivity index (χ3v) is 7.96. The van der Waals surface area contributed by atoms with Crippen LogP contribution in [0.5, 0.6) is 5.75 Å². The Balaban J connectivity index is 1.85. The third kappa shape index (κ3) is 6.08. The Labute approximate surface area is 219 Å². The summed E-state index contributed by atoms with van der Waals surface area (Å²) in [5.41, 5.74) is 0.694. The molecule has 9 nitrogen and oxygen atoms in total. The maximum absolute atomic E-state index is 13.3. The highest BCUT2D eigenvalue weighted by molar-refractivity contribution is 7.87. The van der Waals surface area contributed by atoms with Crippen molar-refractivity contribution in [3.63, 3.8) is 0 Å². The number of benzene rings is 2. The SMILES string of the molecule is CC[C@](O)(c1cccc(OS(=O)(=O)CN(C)c2c(C)n(C)n(-c3ccccc3)c2=O)c1)[C@H](C)CN(C)C. The molecule has 37 heavy (non-hydrogen) atoms. The van der Waals surface area contributed by atoms with Gasteiger partial charge in [0, 0.05) is 26.6 Å². The maximum atomic E-state index is 13.3. The Morgan fingerprint density at radius 1 is 1.08 bits per heavy atom. The van der Waals surface area contributed by atoms with E-state index in [2.05, 4.69) is 0 Å². The largest absolute Gasteiger partial charge is 0.385 e. The second-order valence-corrected chi connectivity index (χ2v) is 11.4. The van der Waals surface area contributed by atoms with E-state index in [4.69, 9.17) is 4.18 Å². The van der Waals surface area contributed by atoms with Crippen LogP contribution < -0.4 is 14.6 Å². The molecule has 0 unspecified atom stereocenters. The van der Waals surface area contributed by atoms with E-state index < -0.39 is 21.6 Å². The molecule has 1 aromatic heterocycles. The van der Waals surface area contributed by atoms with E-state index in [0.29, 0.717) is 29.9 Å². The van der Waals surface area contributed by atoms with Gasteiger partial charge in [-0.05, 0) is 57.3 Å². The number of nitrogens with zero attached hydrogens (tertiary/aromatic N) is 4. The molecule has 0 amide bonds. The molecule has 10 heteroatoms. The van der Waals surface area contributed by atoms with Crippen LogP contribution in [0.2, 0.25) is 0 Å². The molecule has 0 bridgehead atoms. The van der Waals surface area contributed by atoms with Gasteiger partial charge >= 0.3 is 10.1 Å². The smallest absolute Gasteiger partial charge is 0.327 e. The average molecular weight is 531 g/mol. The summed E-state index contributed by atoms with van der Waals surface area (Å²) in [6.07, 6.45) is 0.460. The molecular formula is C27H38N4O5S. The van der Waals surface area contributed by atoms with Crippen molar-refractivity contribution >= 4 is 15.8 Å². The minimum atomic E-state index is -4.11. The first-order valence-corrected chi connectivity index (χ1v) is 13.8. The summed E-state index contributed by atoms with van der Waals surface area (Å²) in [7, 11) is 3.08. The van der Waals surface area contributed by atoms with Gasteiger partial charge in [-0.3, -0.25) is 9.48 Å². The highest BCUT2D eigenvalue weighted by Crippen LogP contribution is 2.35. The zero-order chi connectivity index (χ0) is 27.5. The molecule has 2 atom stereocenters. The van der Waals surface area contributed by atoms with E-state index in [-0.39, 0.29) is 22.9 Å². The first kappa shape index (κ1) is 28.5. The fourth-order valence-electron chi connectivity index (χ4n) is 4.82. The summed E-state index contributed by atoms with van der Waals surface area (Å²) < 4.78 is 34.7. The lowest BCUT2D eigenvalue weighted by molar-refractivity contribution is -0.0292. The zero-order valence-corrected chi connectivity index (χ0v) is 23.5. The molecule has 0 saturated heterocycles. The molecule has 0 fully saturated rings. The quantitative estimate of drug-likeness (QED) is 0.381. The van der Waals surface area contributed by atoms with Crippen molar-refractivity contribution in [1.29, 1.82) is 0 Å². The first-order valence-electron chi connectivity index (χ1n) is 12.3. The Kier molecular flexibility index (Phi) is 8.56. The maximum Gasteiger partial charge on any atom is 0.327 e. The number of aromatic nitrogens is 2. The van der Waals surface area contributed by atoms with Gasteiger partial charge in [0.05, 0.1) is 17.0 Å². The molecule has 0 spiro atoms. The number of rotatable bonds is 11. The summed E-state index contributed by atoms with van der Waals surface area (Å²) >= 11 is 0. The van der Waals surface area contributed by atoms with Crippen molar-refractivity contribution in [3.05, 3.63) is 76.2 Å². The van der Waals surface area contributed by atoms with Crippen molar-refractivity contribution in [2.75, 3.05) is 38.5 Å². The van der Waals surface area contributed by atoms with E-state index in [0.717, 1.165) is 0 Å². The van der Waals surface area contributed by atoms with E-state index in [1.807, 2.05) is 63.2 Å². The van der Waals surface area contributed by atoms with Gasteiger partial charge in [0.1, 0.15) is 11.4 Å². The second-order valence-electron chi connectivity index (χ2n) is 9.85. The normalized spacial score (nSPS) is 14.4. The molecule has 1 N–H and O–H groups in total. The highest BCUT2D eigenvalue weighted by Gasteiger charge is 2.34. The number of hydrogen-bond acceptors (Lipinski definition) is 7. The van der Waals surface area contributed by atoms with Crippen LogP contribution in [0.4, 0.5) is 5.69 Å². The average Bonchev–Trinajstić information content (AvgIpc) is 3.05. The summed E-state index contributed by atoms with van der Waals surface area (Å²) in [4.78, 5) is 16.6. The van der Waals surface area contributed by atoms with Crippen molar-refractivity contribution in [2.45, 2.75) is 32.8 Å². The molecule has 0 aliphatic carbocycles. The highest BCUT2D eigenvalue weighted by atomic mass is 32.2. The van der Waals surface area contributed by atoms with Crippen LogP contribution >= 0.6 is 0 Å². The molecule has 1 heterocycles. The minimum Gasteiger partial charge on any atom is -0.385 e. The van der Waals surface area contributed by atoms with Crippen LogP contribution in [0.25, 0.3) is 5.69 Å². The molecule has 0 radical (unpaired) electrons. The minimum absolute atomic E-state index is 0.0988. The number of para-hydroxylation sites is 1. The number of aliphatic hydroxyl groups is 1. The zero-order valence-electron chi connectivity index (χ0n) is 22.7. The molecule has 0 aliphatic rings. The summed E-state index contributed by atoms with van der Waals surface area (Å²) in [6, 6.07) is 15.7. The van der Waals surface area contributed by atoms with Gasteiger partial charge in [0.15, 0.2) is 5.88 Å². The van der Waals surface area contributed by atoms with Crippen molar-refractivity contribution in [1.82, 2.24) is 14.3 Å². The lowest BCUT2D eigenvalue weighted by atomic mass is 9.80. The molecule has 2 aromatic carbocycles. The Bertz CT molecular complexity index is 1380. The van der Waals surface area contributed by atoms with Crippen molar-refractivity contribution < 1.29 is 17.7 Å². The molecule has 202 valence electrons. The fraction of sp³-hybridized carbons (Fsp3) is 0.444. The van der Waals surface area contributed by atoms with E-state index in [9.17, 15) is 18.3 Å². The van der Waals surface area contributed by atoms with Crippen LogP contribution in [-0.4, -0.2) is 61.4 Å². The summed E-state index contributed by atoms with van der Waals surface area (Å²) in [5, 5.41) is 11.4. The first-order chi connectivity index (χ1) is 17.3. The van der Waals surface area contributed by atoms with Crippen LogP contribution in [0.1, 0.15) is 31.5 Å². The van der Waals surface area contributed by atoms with Gasteiger partial charge in [0.25, 0.3) is 5.56 Å². The summed E-state index contributed by atoms with van der Waals surface area (Å²) in [5.74, 6) is -0.513. The monoisotopic (exact) mass is 530 g/mol. The van der Waals surface area contributed by atoms with Crippen molar-refractivity contribution in [2.24, 2.45) is 13.0 Å². The number of hydrogen-bond donors (Lipinski definition) is 1. The summed E-state index contributed by atoms with van der Waals surface area (Å²) in [6.45, 7) is 6.29. The molecule has 0 saturated carbocycles. The second kappa shape index (κ2) is 11.1. The van der Waals surface area contributed by atoms with Gasteiger partial charge < -0.3 is 19.1 Å². The third-order valence-electron chi connectivity index (χ3n) is 6.81. The Morgan fingerprint density at radius 2 is 1.73 bits per heavy atom. The molecule has 3 aromatic rings.